The Bertz CT molecular complexity index is 512. The van der Waals surface area contributed by atoms with E-state index in [1.54, 1.807) is 0 Å². The molecule has 3 rings (SSSR count). The number of aromatic nitrogens is 1. The molecule has 0 radical (unpaired) electrons. The number of hydrogen-bond acceptors (Lipinski definition) is 1. The Balaban J connectivity index is 2.27. The Morgan fingerprint density at radius 3 is 3.13 bits per heavy atom. The van der Waals surface area contributed by atoms with Crippen LogP contribution in [-0.4, -0.2) is 15.8 Å². The molecule has 1 aromatic heterocycles. The second-order valence-electron chi connectivity index (χ2n) is 4.44. The van der Waals surface area contributed by atoms with Crippen LogP contribution < -0.4 is 0 Å². The third-order valence-corrected chi connectivity index (χ3v) is 3.38. The molecule has 0 saturated carbocycles. The second-order valence-corrected chi connectivity index (χ2v) is 4.44. The van der Waals surface area contributed by atoms with Gasteiger partial charge in [0.2, 0.25) is 0 Å². The van der Waals surface area contributed by atoms with Crippen molar-refractivity contribution >= 4 is 10.9 Å². The van der Waals surface area contributed by atoms with Crippen LogP contribution in [0.1, 0.15) is 17.7 Å². The SMILES string of the molecule is Cc1cccc2c1cc1n2CCC(O)C1. The molecule has 0 amide bonds. The minimum atomic E-state index is -0.151. The first-order chi connectivity index (χ1) is 7.25. The van der Waals surface area contributed by atoms with Gasteiger partial charge in [0.05, 0.1) is 6.10 Å². The molecule has 2 aromatic rings. The van der Waals surface area contributed by atoms with E-state index in [-0.39, 0.29) is 6.10 Å². The topological polar surface area (TPSA) is 25.2 Å². The molecule has 1 aliphatic rings. The molecule has 2 heteroatoms. The number of aliphatic hydroxyl groups is 1. The third kappa shape index (κ3) is 1.29. The number of benzene rings is 1. The van der Waals surface area contributed by atoms with Gasteiger partial charge in [0.1, 0.15) is 0 Å². The van der Waals surface area contributed by atoms with Crippen LogP contribution in [-0.2, 0) is 13.0 Å². The number of hydrogen-bond donors (Lipinski definition) is 1. The van der Waals surface area contributed by atoms with Crippen LogP contribution in [0, 0.1) is 6.92 Å². The molecule has 1 unspecified atom stereocenters. The van der Waals surface area contributed by atoms with Crippen molar-refractivity contribution in [3.63, 3.8) is 0 Å². The first kappa shape index (κ1) is 8.98. The predicted octanol–water partition coefficient (Wildman–Crippen LogP) is 2.26. The zero-order valence-electron chi connectivity index (χ0n) is 8.90. The van der Waals surface area contributed by atoms with Gasteiger partial charge in [0.25, 0.3) is 0 Å². The molecule has 2 nitrogen and oxygen atoms in total. The van der Waals surface area contributed by atoms with Crippen molar-refractivity contribution in [2.24, 2.45) is 0 Å². The van der Waals surface area contributed by atoms with E-state index in [0.717, 1.165) is 19.4 Å². The van der Waals surface area contributed by atoms with E-state index in [2.05, 4.69) is 35.8 Å². The van der Waals surface area contributed by atoms with Crippen molar-refractivity contribution in [3.05, 3.63) is 35.5 Å². The van der Waals surface area contributed by atoms with E-state index in [4.69, 9.17) is 0 Å². The highest BCUT2D eigenvalue weighted by molar-refractivity contribution is 5.84. The van der Waals surface area contributed by atoms with Gasteiger partial charge in [-0.3, -0.25) is 0 Å². The Labute approximate surface area is 89.1 Å². The first-order valence-electron chi connectivity index (χ1n) is 5.51. The summed E-state index contributed by atoms with van der Waals surface area (Å²) in [6, 6.07) is 8.65. The van der Waals surface area contributed by atoms with Crippen LogP contribution in [0.3, 0.4) is 0 Å². The lowest BCUT2D eigenvalue weighted by Gasteiger charge is -2.20. The van der Waals surface area contributed by atoms with Crippen molar-refractivity contribution < 1.29 is 5.11 Å². The van der Waals surface area contributed by atoms with E-state index in [0.29, 0.717) is 0 Å². The van der Waals surface area contributed by atoms with Crippen molar-refractivity contribution in [3.8, 4) is 0 Å². The van der Waals surface area contributed by atoms with Gasteiger partial charge in [0, 0.05) is 29.6 Å². The molecular weight excluding hydrogens is 186 g/mol. The summed E-state index contributed by atoms with van der Waals surface area (Å²) in [5.41, 5.74) is 3.92. The molecule has 1 atom stereocenters. The lowest BCUT2D eigenvalue weighted by molar-refractivity contribution is 0.144. The molecule has 1 aliphatic heterocycles. The third-order valence-electron chi connectivity index (χ3n) is 3.38. The van der Waals surface area contributed by atoms with Gasteiger partial charge < -0.3 is 9.67 Å². The fraction of sp³-hybridized carbons (Fsp3) is 0.385. The number of rotatable bonds is 0. The molecular formula is C13H15NO. The highest BCUT2D eigenvalue weighted by atomic mass is 16.3. The van der Waals surface area contributed by atoms with Crippen LogP contribution in [0.5, 0.6) is 0 Å². The van der Waals surface area contributed by atoms with Crippen LogP contribution >= 0.6 is 0 Å². The molecule has 1 aromatic carbocycles. The average Bonchev–Trinajstić information content (AvgIpc) is 2.57. The number of aliphatic hydroxyl groups excluding tert-OH is 1. The zero-order chi connectivity index (χ0) is 10.4. The van der Waals surface area contributed by atoms with Gasteiger partial charge in [-0.25, -0.2) is 0 Å². The van der Waals surface area contributed by atoms with Gasteiger partial charge in [-0.1, -0.05) is 12.1 Å². The summed E-state index contributed by atoms with van der Waals surface area (Å²) in [5.74, 6) is 0. The molecule has 1 N–H and O–H groups in total. The molecule has 0 saturated heterocycles. The molecule has 15 heavy (non-hydrogen) atoms. The molecule has 0 fully saturated rings. The van der Waals surface area contributed by atoms with Crippen molar-refractivity contribution in [1.82, 2.24) is 4.57 Å². The summed E-state index contributed by atoms with van der Waals surface area (Å²) in [5, 5.41) is 11.0. The van der Waals surface area contributed by atoms with E-state index in [1.807, 2.05) is 0 Å². The number of fused-ring (bicyclic) bond motifs is 3. The normalized spacial score (nSPS) is 20.5. The molecule has 2 heterocycles. The average molecular weight is 201 g/mol. The van der Waals surface area contributed by atoms with Gasteiger partial charge >= 0.3 is 0 Å². The quantitative estimate of drug-likeness (QED) is 0.695. The molecule has 78 valence electrons. The van der Waals surface area contributed by atoms with Crippen molar-refractivity contribution in [2.75, 3.05) is 0 Å². The van der Waals surface area contributed by atoms with Crippen LogP contribution in [0.25, 0.3) is 10.9 Å². The monoisotopic (exact) mass is 201 g/mol. The van der Waals surface area contributed by atoms with E-state index < -0.39 is 0 Å². The summed E-state index contributed by atoms with van der Waals surface area (Å²) in [6.07, 6.45) is 1.53. The van der Waals surface area contributed by atoms with E-state index in [9.17, 15) is 5.11 Å². The van der Waals surface area contributed by atoms with Gasteiger partial charge in [-0.15, -0.1) is 0 Å². The van der Waals surface area contributed by atoms with Gasteiger partial charge in [0.15, 0.2) is 0 Å². The molecule has 0 spiro atoms. The van der Waals surface area contributed by atoms with E-state index in [1.165, 1.54) is 22.2 Å². The fourth-order valence-electron chi connectivity index (χ4n) is 2.54. The Morgan fingerprint density at radius 2 is 2.27 bits per heavy atom. The van der Waals surface area contributed by atoms with Crippen molar-refractivity contribution in [1.29, 1.82) is 0 Å². The highest BCUT2D eigenvalue weighted by Crippen LogP contribution is 2.27. The van der Waals surface area contributed by atoms with Gasteiger partial charge in [-0.2, -0.15) is 0 Å². The number of aryl methyl sites for hydroxylation is 2. The fourth-order valence-corrected chi connectivity index (χ4v) is 2.54. The van der Waals surface area contributed by atoms with Crippen LogP contribution in [0.15, 0.2) is 24.3 Å². The maximum absolute atomic E-state index is 9.64. The predicted molar refractivity (Wildman–Crippen MR) is 61.0 cm³/mol. The Kier molecular flexibility index (Phi) is 1.86. The maximum Gasteiger partial charge on any atom is 0.0611 e. The standard InChI is InChI=1S/C13H15NO/c1-9-3-2-4-13-12(9)8-10-7-11(15)5-6-14(10)13/h2-4,8,11,15H,5-7H2,1H3. The second kappa shape index (κ2) is 3.11. The minimum absolute atomic E-state index is 0.151. The summed E-state index contributed by atoms with van der Waals surface area (Å²) >= 11 is 0. The largest absolute Gasteiger partial charge is 0.393 e. The lowest BCUT2D eigenvalue weighted by atomic mass is 10.1. The lowest BCUT2D eigenvalue weighted by Crippen LogP contribution is -2.22. The zero-order valence-corrected chi connectivity index (χ0v) is 8.90. The Hall–Kier alpha value is -1.28. The van der Waals surface area contributed by atoms with E-state index >= 15 is 0 Å². The first-order valence-corrected chi connectivity index (χ1v) is 5.51. The number of nitrogens with zero attached hydrogens (tertiary/aromatic N) is 1. The van der Waals surface area contributed by atoms with Crippen LogP contribution in [0.2, 0.25) is 0 Å². The minimum Gasteiger partial charge on any atom is -0.393 e. The van der Waals surface area contributed by atoms with Crippen LogP contribution in [0.4, 0.5) is 0 Å². The smallest absolute Gasteiger partial charge is 0.0611 e. The highest BCUT2D eigenvalue weighted by Gasteiger charge is 2.18. The Morgan fingerprint density at radius 1 is 1.40 bits per heavy atom. The summed E-state index contributed by atoms with van der Waals surface area (Å²) in [4.78, 5) is 0. The summed E-state index contributed by atoms with van der Waals surface area (Å²) in [6.45, 7) is 3.09. The summed E-state index contributed by atoms with van der Waals surface area (Å²) in [7, 11) is 0. The van der Waals surface area contributed by atoms with Gasteiger partial charge in [-0.05, 0) is 31.0 Å². The maximum atomic E-state index is 9.64. The summed E-state index contributed by atoms with van der Waals surface area (Å²) < 4.78 is 2.34. The molecule has 0 aliphatic carbocycles. The van der Waals surface area contributed by atoms with Crippen molar-refractivity contribution in [2.45, 2.75) is 32.4 Å². The molecule has 0 bridgehead atoms.